The molecular formula is C21H26N2O4S. The number of ether oxygens (including phenoxy) is 1. The number of amides is 1. The Morgan fingerprint density at radius 3 is 2.54 bits per heavy atom. The Labute approximate surface area is 166 Å². The van der Waals surface area contributed by atoms with Gasteiger partial charge in [-0.3, -0.25) is 9.10 Å². The van der Waals surface area contributed by atoms with Crippen LogP contribution in [0.5, 0.6) is 5.75 Å². The van der Waals surface area contributed by atoms with Crippen molar-refractivity contribution < 1.29 is 17.9 Å². The van der Waals surface area contributed by atoms with Gasteiger partial charge in [0.1, 0.15) is 17.9 Å². The van der Waals surface area contributed by atoms with E-state index in [1.165, 1.54) is 0 Å². The average molecular weight is 403 g/mol. The maximum absolute atomic E-state index is 12.8. The van der Waals surface area contributed by atoms with Gasteiger partial charge in [0.2, 0.25) is 15.9 Å². The zero-order chi connectivity index (χ0) is 20.5. The Hall–Kier alpha value is -2.54. The summed E-state index contributed by atoms with van der Waals surface area (Å²) in [5.74, 6) is 0.396. The fourth-order valence-electron chi connectivity index (χ4n) is 3.45. The third-order valence-corrected chi connectivity index (χ3v) is 5.83. The van der Waals surface area contributed by atoms with Gasteiger partial charge in [-0.2, -0.15) is 0 Å². The summed E-state index contributed by atoms with van der Waals surface area (Å²) in [7, 11) is -3.60. The van der Waals surface area contributed by atoms with Gasteiger partial charge in [-0.25, -0.2) is 8.42 Å². The highest BCUT2D eigenvalue weighted by molar-refractivity contribution is 7.92. The number of anilines is 1. The largest absolute Gasteiger partial charge is 0.487 e. The minimum Gasteiger partial charge on any atom is -0.487 e. The molecule has 0 spiro atoms. The lowest BCUT2D eigenvalue weighted by molar-refractivity contribution is -0.120. The van der Waals surface area contributed by atoms with E-state index in [0.717, 1.165) is 27.4 Å². The number of hydrogen-bond donors (Lipinski definition) is 1. The van der Waals surface area contributed by atoms with Crippen molar-refractivity contribution >= 4 is 21.6 Å². The highest BCUT2D eigenvalue weighted by atomic mass is 32.2. The first-order chi connectivity index (χ1) is 13.0. The molecule has 28 heavy (non-hydrogen) atoms. The Kier molecular flexibility index (Phi) is 5.39. The van der Waals surface area contributed by atoms with Crippen molar-refractivity contribution in [1.29, 1.82) is 0 Å². The SMILES string of the molecule is Cc1ccc2c(c1)OC(C)(C)C[C@H]2NC(=O)CN(c1ccccc1)S(C)(=O)=O. The average Bonchev–Trinajstić information content (AvgIpc) is 2.58. The van der Waals surface area contributed by atoms with Gasteiger partial charge in [-0.1, -0.05) is 30.3 Å². The minimum absolute atomic E-state index is 0.246. The molecule has 0 saturated carbocycles. The van der Waals surface area contributed by atoms with Crippen molar-refractivity contribution in [3.05, 3.63) is 59.7 Å². The Morgan fingerprint density at radius 1 is 1.21 bits per heavy atom. The van der Waals surface area contributed by atoms with Crippen LogP contribution in [0.4, 0.5) is 5.69 Å². The van der Waals surface area contributed by atoms with E-state index in [-0.39, 0.29) is 18.5 Å². The van der Waals surface area contributed by atoms with E-state index in [9.17, 15) is 13.2 Å². The summed E-state index contributed by atoms with van der Waals surface area (Å²) in [6.07, 6.45) is 1.70. The van der Waals surface area contributed by atoms with Crippen LogP contribution < -0.4 is 14.4 Å². The van der Waals surface area contributed by atoms with Crippen molar-refractivity contribution in [1.82, 2.24) is 5.32 Å². The van der Waals surface area contributed by atoms with Crippen LogP contribution in [0.3, 0.4) is 0 Å². The molecule has 0 aliphatic carbocycles. The van der Waals surface area contributed by atoms with Crippen LogP contribution in [-0.2, 0) is 14.8 Å². The third-order valence-electron chi connectivity index (χ3n) is 4.69. The molecule has 1 N–H and O–H groups in total. The van der Waals surface area contributed by atoms with Gasteiger partial charge < -0.3 is 10.1 Å². The maximum atomic E-state index is 12.8. The summed E-state index contributed by atoms with van der Waals surface area (Å²) in [5, 5.41) is 3.00. The molecule has 2 aromatic carbocycles. The second-order valence-corrected chi connectivity index (χ2v) is 9.74. The van der Waals surface area contributed by atoms with Gasteiger partial charge in [0.05, 0.1) is 18.0 Å². The summed E-state index contributed by atoms with van der Waals surface area (Å²) >= 11 is 0. The van der Waals surface area contributed by atoms with Crippen LogP contribution in [0.25, 0.3) is 0 Å². The lowest BCUT2D eigenvalue weighted by atomic mass is 9.89. The molecule has 0 fully saturated rings. The van der Waals surface area contributed by atoms with E-state index in [1.54, 1.807) is 30.3 Å². The van der Waals surface area contributed by atoms with E-state index < -0.39 is 15.6 Å². The van der Waals surface area contributed by atoms with E-state index in [4.69, 9.17) is 4.74 Å². The lowest BCUT2D eigenvalue weighted by Gasteiger charge is -2.38. The molecule has 150 valence electrons. The minimum atomic E-state index is -3.60. The van der Waals surface area contributed by atoms with E-state index >= 15 is 0 Å². The maximum Gasteiger partial charge on any atom is 0.241 e. The molecule has 1 aliphatic heterocycles. The molecule has 1 aliphatic rings. The molecule has 1 heterocycles. The predicted octanol–water partition coefficient (Wildman–Crippen LogP) is 3.18. The number of carbonyl (C=O) groups excluding carboxylic acids is 1. The summed E-state index contributed by atoms with van der Waals surface area (Å²) in [5.41, 5.74) is 2.01. The number of carbonyl (C=O) groups is 1. The highest BCUT2D eigenvalue weighted by Gasteiger charge is 2.35. The zero-order valence-corrected chi connectivity index (χ0v) is 17.4. The topological polar surface area (TPSA) is 75.7 Å². The Bertz CT molecular complexity index is 971. The van der Waals surface area contributed by atoms with E-state index in [2.05, 4.69) is 5.32 Å². The summed E-state index contributed by atoms with van der Waals surface area (Å²) in [6, 6.07) is 14.3. The number of aryl methyl sites for hydroxylation is 1. The summed E-state index contributed by atoms with van der Waals surface area (Å²) in [4.78, 5) is 12.8. The van der Waals surface area contributed by atoms with E-state index in [1.807, 2.05) is 39.0 Å². The monoisotopic (exact) mass is 402 g/mol. The van der Waals surface area contributed by atoms with Crippen LogP contribution in [0.1, 0.15) is 37.4 Å². The molecule has 0 radical (unpaired) electrons. The molecule has 6 nitrogen and oxygen atoms in total. The van der Waals surface area contributed by atoms with E-state index in [0.29, 0.717) is 12.1 Å². The predicted molar refractivity (Wildman–Crippen MR) is 110 cm³/mol. The van der Waals surface area contributed by atoms with Crippen molar-refractivity contribution in [3.8, 4) is 5.75 Å². The van der Waals surface area contributed by atoms with Gasteiger partial charge in [0.15, 0.2) is 0 Å². The van der Waals surface area contributed by atoms with Crippen LogP contribution in [-0.4, -0.2) is 32.7 Å². The standard InChI is InChI=1S/C21H26N2O4S/c1-15-10-11-17-18(13-21(2,3)27-19(17)12-15)22-20(24)14-23(28(4,25)26)16-8-6-5-7-9-16/h5-12,18H,13-14H2,1-4H3,(H,22,24)/t18-/m1/s1. The first-order valence-electron chi connectivity index (χ1n) is 9.17. The number of nitrogens with one attached hydrogen (secondary N) is 1. The Balaban J connectivity index is 1.82. The van der Waals surface area contributed by atoms with Gasteiger partial charge in [-0.15, -0.1) is 0 Å². The second kappa shape index (κ2) is 7.47. The number of nitrogens with zero attached hydrogens (tertiary/aromatic N) is 1. The summed E-state index contributed by atoms with van der Waals surface area (Å²) < 4.78 is 31.6. The molecule has 0 bridgehead atoms. The lowest BCUT2D eigenvalue weighted by Crippen LogP contribution is -2.45. The Morgan fingerprint density at radius 2 is 1.89 bits per heavy atom. The van der Waals surface area contributed by atoms with Gasteiger partial charge >= 0.3 is 0 Å². The van der Waals surface area contributed by atoms with Gasteiger partial charge in [-0.05, 0) is 44.5 Å². The molecule has 1 atom stereocenters. The first-order valence-corrected chi connectivity index (χ1v) is 11.0. The first kappa shape index (κ1) is 20.2. The molecule has 0 aromatic heterocycles. The van der Waals surface area contributed by atoms with Crippen LogP contribution >= 0.6 is 0 Å². The zero-order valence-electron chi connectivity index (χ0n) is 16.6. The van der Waals surface area contributed by atoms with Crippen LogP contribution in [0.15, 0.2) is 48.5 Å². The van der Waals surface area contributed by atoms with Crippen molar-refractivity contribution in [2.45, 2.75) is 38.8 Å². The van der Waals surface area contributed by atoms with Crippen molar-refractivity contribution in [2.75, 3.05) is 17.1 Å². The van der Waals surface area contributed by atoms with Crippen molar-refractivity contribution in [2.24, 2.45) is 0 Å². The fourth-order valence-corrected chi connectivity index (χ4v) is 4.31. The molecule has 2 aromatic rings. The molecule has 3 rings (SSSR count). The number of fused-ring (bicyclic) bond motifs is 1. The normalized spacial score (nSPS) is 17.9. The van der Waals surface area contributed by atoms with Gasteiger partial charge in [0, 0.05) is 12.0 Å². The molecule has 0 saturated heterocycles. The molecule has 0 unspecified atom stereocenters. The smallest absolute Gasteiger partial charge is 0.241 e. The quantitative estimate of drug-likeness (QED) is 0.833. The van der Waals surface area contributed by atoms with Crippen LogP contribution in [0.2, 0.25) is 0 Å². The van der Waals surface area contributed by atoms with Crippen LogP contribution in [0, 0.1) is 6.92 Å². The number of benzene rings is 2. The molecule has 1 amide bonds. The number of rotatable bonds is 5. The third kappa shape index (κ3) is 4.65. The second-order valence-electron chi connectivity index (χ2n) is 7.83. The highest BCUT2D eigenvalue weighted by Crippen LogP contribution is 2.39. The molecular weight excluding hydrogens is 376 g/mol. The number of sulfonamides is 1. The van der Waals surface area contributed by atoms with Crippen molar-refractivity contribution in [3.63, 3.8) is 0 Å². The number of hydrogen-bond acceptors (Lipinski definition) is 4. The number of para-hydroxylation sites is 1. The fraction of sp³-hybridized carbons (Fsp3) is 0.381. The summed E-state index contributed by atoms with van der Waals surface area (Å²) in [6.45, 7) is 5.67. The van der Waals surface area contributed by atoms with Gasteiger partial charge in [0.25, 0.3) is 0 Å². The molecule has 7 heteroatoms.